The minimum atomic E-state index is -3.60. The topological polar surface area (TPSA) is 134 Å². The largest absolute Gasteiger partial charge is 0.503 e. The highest BCUT2D eigenvalue weighted by Gasteiger charge is 2.32. The first-order valence-corrected chi connectivity index (χ1v) is 23.0. The van der Waals surface area contributed by atoms with E-state index in [1.807, 2.05) is 29.2 Å². The molecule has 4 aromatic carbocycles. The smallest absolute Gasteiger partial charge is 0.258 e. The van der Waals surface area contributed by atoms with Gasteiger partial charge in [-0.2, -0.15) is 0 Å². The summed E-state index contributed by atoms with van der Waals surface area (Å²) in [6.45, 7) is 1.41. The minimum Gasteiger partial charge on any atom is -0.503 e. The Kier molecular flexibility index (Phi) is 17.1. The number of unbranched alkanes of at least 4 members (excludes halogenated alkanes) is 9. The molecule has 0 aliphatic carbocycles. The molecule has 3 N–H and O–H groups in total. The van der Waals surface area contributed by atoms with Crippen LogP contribution >= 0.6 is 43.5 Å². The van der Waals surface area contributed by atoms with Gasteiger partial charge >= 0.3 is 0 Å². The second-order valence-corrected chi connectivity index (χ2v) is 18.1. The summed E-state index contributed by atoms with van der Waals surface area (Å²) in [5, 5.41) is 13.5. The summed E-state index contributed by atoms with van der Waals surface area (Å²) in [5.41, 5.74) is 4.39. The molecule has 0 unspecified atom stereocenters. The molecular formula is C44H50Br2ClN3O7S. The Morgan fingerprint density at radius 2 is 1.47 bits per heavy atom. The molecule has 14 heteroatoms. The predicted molar refractivity (Wildman–Crippen MR) is 239 cm³/mol. The van der Waals surface area contributed by atoms with Gasteiger partial charge in [0.05, 0.1) is 34.8 Å². The number of phenolic OH excluding ortho intramolecular Hbond substituents is 1. The van der Waals surface area contributed by atoms with Crippen LogP contribution in [0.2, 0.25) is 5.02 Å². The highest BCUT2D eigenvalue weighted by Crippen LogP contribution is 2.41. The number of fused-ring (bicyclic) bond motifs is 1. The van der Waals surface area contributed by atoms with Gasteiger partial charge in [0.2, 0.25) is 10.0 Å². The summed E-state index contributed by atoms with van der Waals surface area (Å²) < 4.78 is 40.3. The van der Waals surface area contributed by atoms with Crippen LogP contribution in [-0.2, 0) is 21.2 Å². The van der Waals surface area contributed by atoms with E-state index in [9.17, 15) is 23.1 Å². The average Bonchev–Trinajstić information content (AvgIpc) is 3.46. The number of hydrogen-bond donors (Lipinski definition) is 3. The minimum absolute atomic E-state index is 0.0166. The number of carbonyl (C=O) groups is 2. The maximum absolute atomic E-state index is 13.6. The molecule has 0 atom stereocenters. The molecule has 310 valence electrons. The number of sulfonamides is 1. The van der Waals surface area contributed by atoms with Crippen LogP contribution in [0.5, 0.6) is 17.2 Å². The number of nitrogens with zero attached hydrogens (tertiary/aromatic N) is 1. The summed E-state index contributed by atoms with van der Waals surface area (Å²) in [7, 11) is -0.616. The highest BCUT2D eigenvalue weighted by atomic mass is 79.9. The monoisotopic (exact) mass is 957 g/mol. The van der Waals surface area contributed by atoms with E-state index in [-0.39, 0.29) is 22.5 Å². The van der Waals surface area contributed by atoms with Crippen molar-refractivity contribution in [2.24, 2.45) is 0 Å². The third-order valence-electron chi connectivity index (χ3n) is 10.0. The maximum Gasteiger partial charge on any atom is 0.258 e. The SMILES string of the molecule is COc1ccc(Cl)cc1C(=O)NCCc1ccc(S(=O)(=O)NCCCCCCCCCCCCN2C(=O)C(=Cc3cc(Br)c(O)c(OC)c3)c3cc(Br)ccc32)cc1. The molecule has 0 saturated heterocycles. The Labute approximate surface area is 363 Å². The van der Waals surface area contributed by atoms with Crippen molar-refractivity contribution in [3.63, 3.8) is 0 Å². The van der Waals surface area contributed by atoms with Gasteiger partial charge in [-0.1, -0.05) is 91.0 Å². The molecule has 0 bridgehead atoms. The average molecular weight is 960 g/mol. The predicted octanol–water partition coefficient (Wildman–Crippen LogP) is 10.3. The van der Waals surface area contributed by atoms with Crippen LogP contribution in [-0.4, -0.2) is 59.2 Å². The van der Waals surface area contributed by atoms with Crippen LogP contribution in [0.15, 0.2) is 86.6 Å². The van der Waals surface area contributed by atoms with Crippen molar-refractivity contribution in [2.75, 3.05) is 38.8 Å². The van der Waals surface area contributed by atoms with Crippen LogP contribution in [0.3, 0.4) is 0 Å². The Bertz CT molecular complexity index is 2200. The van der Waals surface area contributed by atoms with Crippen LogP contribution < -0.4 is 24.4 Å². The molecule has 0 spiro atoms. The van der Waals surface area contributed by atoms with Gasteiger partial charge in [-0.3, -0.25) is 9.59 Å². The molecule has 4 aromatic rings. The Hall–Kier alpha value is -3.88. The van der Waals surface area contributed by atoms with Crippen LogP contribution in [0.4, 0.5) is 5.69 Å². The molecule has 5 rings (SSSR count). The molecule has 1 aliphatic heterocycles. The molecule has 58 heavy (non-hydrogen) atoms. The van der Waals surface area contributed by atoms with Gasteiger partial charge in [-0.15, -0.1) is 0 Å². The van der Waals surface area contributed by atoms with E-state index in [1.54, 1.807) is 54.6 Å². The van der Waals surface area contributed by atoms with E-state index < -0.39 is 10.0 Å². The summed E-state index contributed by atoms with van der Waals surface area (Å²) in [4.78, 5) is 28.3. The number of nitrogens with one attached hydrogen (secondary N) is 2. The summed E-state index contributed by atoms with van der Waals surface area (Å²) in [5.74, 6) is 0.454. The number of carbonyl (C=O) groups excluding carboxylic acids is 2. The van der Waals surface area contributed by atoms with E-state index in [0.29, 0.717) is 58.2 Å². The zero-order valence-electron chi connectivity index (χ0n) is 32.8. The van der Waals surface area contributed by atoms with Gasteiger partial charge in [0.25, 0.3) is 11.8 Å². The van der Waals surface area contributed by atoms with Gasteiger partial charge < -0.3 is 24.8 Å². The van der Waals surface area contributed by atoms with Crippen molar-refractivity contribution in [1.82, 2.24) is 10.0 Å². The number of phenols is 1. The standard InChI is InChI=1S/C44H50Br2ClN3O7S/c1-56-40-20-16-33(47)29-37(40)43(52)48-23-21-30-13-17-34(18-14-30)58(54,55)49-22-11-9-7-5-3-4-6-8-10-12-24-50-39-19-15-32(45)28-35(39)36(44(50)53)25-31-26-38(46)42(51)41(27-31)57-2/h13-20,25-29,49,51H,3-12,21-24H2,1-2H3,(H,48,52). The number of ether oxygens (including phenoxy) is 2. The first-order valence-electron chi connectivity index (χ1n) is 19.5. The van der Waals surface area contributed by atoms with E-state index in [4.69, 9.17) is 21.1 Å². The number of hydrogen-bond acceptors (Lipinski definition) is 7. The maximum atomic E-state index is 13.6. The second kappa shape index (κ2) is 21.9. The number of aromatic hydroxyl groups is 1. The van der Waals surface area contributed by atoms with Gasteiger partial charge in [0, 0.05) is 40.3 Å². The van der Waals surface area contributed by atoms with Crippen molar-refractivity contribution < 1.29 is 32.6 Å². The Balaban J connectivity index is 0.929. The fraction of sp³-hybridized carbons (Fsp3) is 0.364. The lowest BCUT2D eigenvalue weighted by Gasteiger charge is -2.17. The number of amides is 2. The molecule has 0 saturated carbocycles. The van der Waals surface area contributed by atoms with E-state index in [2.05, 4.69) is 41.9 Å². The lowest BCUT2D eigenvalue weighted by molar-refractivity contribution is -0.113. The Morgan fingerprint density at radius 1 is 0.810 bits per heavy atom. The third kappa shape index (κ3) is 12.3. The summed E-state index contributed by atoms with van der Waals surface area (Å²) >= 11 is 13.0. The van der Waals surface area contributed by atoms with Crippen LogP contribution in [0, 0.1) is 0 Å². The highest BCUT2D eigenvalue weighted by molar-refractivity contribution is 9.10. The van der Waals surface area contributed by atoms with E-state index in [0.717, 1.165) is 91.1 Å². The lowest BCUT2D eigenvalue weighted by atomic mass is 10.0. The Morgan fingerprint density at radius 3 is 2.14 bits per heavy atom. The van der Waals surface area contributed by atoms with Gasteiger partial charge in [-0.05, 0) is 113 Å². The first-order chi connectivity index (χ1) is 27.9. The van der Waals surface area contributed by atoms with Crippen molar-refractivity contribution in [2.45, 2.75) is 75.5 Å². The number of benzene rings is 4. The number of rotatable bonds is 22. The third-order valence-corrected chi connectivity index (χ3v) is 12.8. The quantitative estimate of drug-likeness (QED) is 0.0528. The molecule has 2 amide bonds. The molecule has 0 radical (unpaired) electrons. The zero-order chi connectivity index (χ0) is 41.7. The van der Waals surface area contributed by atoms with Crippen molar-refractivity contribution in [3.8, 4) is 17.2 Å². The number of anilines is 1. The fourth-order valence-corrected chi connectivity index (χ4v) is 8.96. The summed E-state index contributed by atoms with van der Waals surface area (Å²) in [6.07, 6.45) is 12.8. The van der Waals surface area contributed by atoms with Crippen LogP contribution in [0.25, 0.3) is 11.6 Å². The van der Waals surface area contributed by atoms with Gasteiger partial charge in [-0.25, -0.2) is 13.1 Å². The normalized spacial score (nSPS) is 13.2. The summed E-state index contributed by atoms with van der Waals surface area (Å²) in [6, 6.07) is 21.0. The van der Waals surface area contributed by atoms with Gasteiger partial charge in [0.15, 0.2) is 11.5 Å². The van der Waals surface area contributed by atoms with Crippen molar-refractivity contribution in [3.05, 3.63) is 109 Å². The van der Waals surface area contributed by atoms with Crippen molar-refractivity contribution in [1.29, 1.82) is 0 Å². The van der Waals surface area contributed by atoms with E-state index >= 15 is 0 Å². The number of halogens is 3. The lowest BCUT2D eigenvalue weighted by Crippen LogP contribution is -2.27. The fourth-order valence-electron chi connectivity index (χ4n) is 6.90. The first kappa shape index (κ1) is 45.2. The molecule has 0 aromatic heterocycles. The molecule has 0 fully saturated rings. The molecule has 1 aliphatic rings. The number of methoxy groups -OCH3 is 2. The molecule has 1 heterocycles. The molecular weight excluding hydrogens is 910 g/mol. The van der Waals surface area contributed by atoms with Gasteiger partial charge in [0.1, 0.15) is 5.75 Å². The zero-order valence-corrected chi connectivity index (χ0v) is 37.5. The van der Waals surface area contributed by atoms with Crippen molar-refractivity contribution >= 4 is 82.6 Å². The second-order valence-electron chi connectivity index (χ2n) is 14.2. The van der Waals surface area contributed by atoms with E-state index in [1.165, 1.54) is 14.2 Å². The molecule has 10 nitrogen and oxygen atoms in total. The van der Waals surface area contributed by atoms with Crippen LogP contribution in [0.1, 0.15) is 91.3 Å².